The van der Waals surface area contributed by atoms with Gasteiger partial charge in [0.25, 0.3) is 0 Å². The van der Waals surface area contributed by atoms with Crippen LogP contribution in [-0.2, 0) is 9.53 Å². The number of urea groups is 1. The molecule has 0 aromatic carbocycles. The molecule has 0 aromatic rings. The summed E-state index contributed by atoms with van der Waals surface area (Å²) in [5.41, 5.74) is 0. The summed E-state index contributed by atoms with van der Waals surface area (Å²) in [6.07, 6.45) is -4.48. The molecular formula is C11H19N3O6. The Hall–Kier alpha value is -1.42. The van der Waals surface area contributed by atoms with Gasteiger partial charge in [0.15, 0.2) is 6.23 Å². The lowest BCUT2D eigenvalue weighted by atomic mass is 10.1. The molecule has 5 unspecified atom stereocenters. The molecule has 3 amide bonds. The predicted octanol–water partition coefficient (Wildman–Crippen LogP) is -2.70. The molecule has 2 heterocycles. The number of hydrogen-bond donors (Lipinski definition) is 5. The molecule has 5 N–H and O–H groups in total. The predicted molar refractivity (Wildman–Crippen MR) is 65.2 cm³/mol. The summed E-state index contributed by atoms with van der Waals surface area (Å²) < 4.78 is 5.29. The number of nitrogens with zero attached hydrogens (tertiary/aromatic N) is 1. The molecule has 2 saturated heterocycles. The number of aliphatic hydroxyl groups is 3. The second kappa shape index (κ2) is 5.92. The Morgan fingerprint density at radius 2 is 2.20 bits per heavy atom. The summed E-state index contributed by atoms with van der Waals surface area (Å²) in [6, 6.07) is -0.509. The largest absolute Gasteiger partial charge is 0.394 e. The number of amides is 3. The molecule has 9 heteroatoms. The summed E-state index contributed by atoms with van der Waals surface area (Å²) in [4.78, 5) is 24.1. The molecule has 0 saturated carbocycles. The fraction of sp³-hybridized carbons (Fsp3) is 0.818. The molecule has 20 heavy (non-hydrogen) atoms. The van der Waals surface area contributed by atoms with Gasteiger partial charge in [-0.05, 0) is 0 Å². The minimum Gasteiger partial charge on any atom is -0.394 e. The zero-order valence-electron chi connectivity index (χ0n) is 11.0. The van der Waals surface area contributed by atoms with Gasteiger partial charge in [-0.25, -0.2) is 4.79 Å². The maximum atomic E-state index is 11.9. The molecular weight excluding hydrogens is 270 g/mol. The van der Waals surface area contributed by atoms with Crippen LogP contribution < -0.4 is 10.6 Å². The second-order valence-corrected chi connectivity index (χ2v) is 4.91. The van der Waals surface area contributed by atoms with E-state index in [9.17, 15) is 19.8 Å². The van der Waals surface area contributed by atoms with E-state index >= 15 is 0 Å². The molecule has 2 aliphatic heterocycles. The van der Waals surface area contributed by atoms with Crippen LogP contribution in [0.2, 0.25) is 0 Å². The van der Waals surface area contributed by atoms with Crippen molar-refractivity contribution in [2.45, 2.75) is 44.1 Å². The van der Waals surface area contributed by atoms with Gasteiger partial charge in [-0.2, -0.15) is 0 Å². The van der Waals surface area contributed by atoms with Crippen LogP contribution >= 0.6 is 0 Å². The maximum Gasteiger partial charge on any atom is 0.321 e. The van der Waals surface area contributed by atoms with Gasteiger partial charge < -0.3 is 30.7 Å². The second-order valence-electron chi connectivity index (χ2n) is 4.91. The van der Waals surface area contributed by atoms with Gasteiger partial charge in [0.05, 0.1) is 6.61 Å². The van der Waals surface area contributed by atoms with Crippen molar-refractivity contribution >= 4 is 11.9 Å². The molecule has 9 nitrogen and oxygen atoms in total. The van der Waals surface area contributed by atoms with Crippen LogP contribution in [0.4, 0.5) is 4.79 Å². The number of ether oxygens (including phenoxy) is 1. The Bertz CT molecular complexity index is 392. The van der Waals surface area contributed by atoms with Crippen molar-refractivity contribution < 1.29 is 29.6 Å². The van der Waals surface area contributed by atoms with Gasteiger partial charge in [-0.15, -0.1) is 0 Å². The van der Waals surface area contributed by atoms with Crippen LogP contribution in [0.15, 0.2) is 0 Å². The van der Waals surface area contributed by atoms with E-state index in [2.05, 4.69) is 10.6 Å². The van der Waals surface area contributed by atoms with E-state index in [-0.39, 0.29) is 12.5 Å². The average molecular weight is 289 g/mol. The highest BCUT2D eigenvalue weighted by Crippen LogP contribution is 2.25. The first-order chi connectivity index (χ1) is 9.43. The van der Waals surface area contributed by atoms with Crippen molar-refractivity contribution in [3.8, 4) is 0 Å². The summed E-state index contributed by atoms with van der Waals surface area (Å²) in [6.45, 7) is 1.16. The number of aliphatic hydroxyl groups excluding tert-OH is 3. The van der Waals surface area contributed by atoms with E-state index in [0.29, 0.717) is 6.42 Å². The fourth-order valence-electron chi connectivity index (χ4n) is 2.41. The van der Waals surface area contributed by atoms with Crippen LogP contribution in [0, 0.1) is 0 Å². The van der Waals surface area contributed by atoms with Crippen LogP contribution in [-0.4, -0.2) is 76.0 Å². The van der Waals surface area contributed by atoms with Gasteiger partial charge in [-0.3, -0.25) is 9.69 Å². The minimum absolute atomic E-state index is 0.253. The Labute approximate surface area is 115 Å². The standard InChI is InChI=1S/C11H19N3O6/c1-5(16)12-7-2-3-14(11(19)13-7)10-9(18)8(17)6(4-15)20-10/h6-10,15,17-18H,2-4H2,1H3,(H,12,16)(H,13,19). The summed E-state index contributed by atoms with van der Waals surface area (Å²) in [5, 5.41) is 33.7. The third-order valence-corrected chi connectivity index (χ3v) is 3.42. The zero-order chi connectivity index (χ0) is 14.9. The first kappa shape index (κ1) is 15.0. The quantitative estimate of drug-likeness (QED) is 0.384. The third-order valence-electron chi connectivity index (χ3n) is 3.42. The highest BCUT2D eigenvalue weighted by Gasteiger charge is 2.47. The number of carbonyl (C=O) groups is 2. The fourth-order valence-corrected chi connectivity index (χ4v) is 2.41. The number of hydrogen-bond acceptors (Lipinski definition) is 6. The van der Waals surface area contributed by atoms with Crippen LogP contribution in [0.3, 0.4) is 0 Å². The van der Waals surface area contributed by atoms with Crippen LogP contribution in [0.25, 0.3) is 0 Å². The molecule has 0 radical (unpaired) electrons. The van der Waals surface area contributed by atoms with Crippen LogP contribution in [0.1, 0.15) is 13.3 Å². The van der Waals surface area contributed by atoms with Crippen molar-refractivity contribution in [3.05, 3.63) is 0 Å². The van der Waals surface area contributed by atoms with Crippen LogP contribution in [0.5, 0.6) is 0 Å². The zero-order valence-corrected chi connectivity index (χ0v) is 11.0. The Morgan fingerprint density at radius 3 is 2.70 bits per heavy atom. The highest BCUT2D eigenvalue weighted by atomic mass is 16.6. The molecule has 2 aliphatic rings. The molecule has 0 aliphatic carbocycles. The molecule has 114 valence electrons. The Balaban J connectivity index is 1.98. The lowest BCUT2D eigenvalue weighted by molar-refractivity contribution is -0.120. The van der Waals surface area contributed by atoms with Crippen molar-refractivity contribution in [2.75, 3.05) is 13.2 Å². The molecule has 0 bridgehead atoms. The third kappa shape index (κ3) is 2.85. The van der Waals surface area contributed by atoms with E-state index in [1.54, 1.807) is 0 Å². The van der Waals surface area contributed by atoms with E-state index in [1.165, 1.54) is 11.8 Å². The molecule has 0 spiro atoms. The minimum atomic E-state index is -1.28. The first-order valence-electron chi connectivity index (χ1n) is 6.40. The van der Waals surface area contributed by atoms with Gasteiger partial charge >= 0.3 is 6.03 Å². The van der Waals surface area contributed by atoms with Gasteiger partial charge in [0.1, 0.15) is 24.5 Å². The van der Waals surface area contributed by atoms with Gasteiger partial charge in [-0.1, -0.05) is 0 Å². The van der Waals surface area contributed by atoms with E-state index in [0.717, 1.165) is 0 Å². The first-order valence-corrected chi connectivity index (χ1v) is 6.40. The van der Waals surface area contributed by atoms with Crippen molar-refractivity contribution in [1.82, 2.24) is 15.5 Å². The molecule has 2 fully saturated rings. The topological polar surface area (TPSA) is 131 Å². The Morgan fingerprint density at radius 1 is 1.50 bits per heavy atom. The maximum absolute atomic E-state index is 11.9. The van der Waals surface area contributed by atoms with E-state index < -0.39 is 43.3 Å². The van der Waals surface area contributed by atoms with Crippen molar-refractivity contribution in [3.63, 3.8) is 0 Å². The molecule has 5 atom stereocenters. The monoisotopic (exact) mass is 289 g/mol. The molecule has 2 rings (SSSR count). The average Bonchev–Trinajstić information content (AvgIpc) is 2.66. The Kier molecular flexibility index (Phi) is 4.43. The number of rotatable bonds is 3. The summed E-state index contributed by atoms with van der Waals surface area (Å²) in [7, 11) is 0. The highest BCUT2D eigenvalue weighted by molar-refractivity contribution is 5.78. The van der Waals surface area contributed by atoms with Gasteiger partial charge in [0, 0.05) is 19.9 Å². The van der Waals surface area contributed by atoms with Crippen molar-refractivity contribution in [1.29, 1.82) is 0 Å². The van der Waals surface area contributed by atoms with E-state index in [4.69, 9.17) is 9.84 Å². The summed E-state index contributed by atoms with van der Waals surface area (Å²) in [5.74, 6) is -0.253. The van der Waals surface area contributed by atoms with Crippen molar-refractivity contribution in [2.24, 2.45) is 0 Å². The smallest absolute Gasteiger partial charge is 0.321 e. The SMILES string of the molecule is CC(=O)NC1CCN(C2OC(CO)C(O)C2O)C(=O)N1. The normalized spacial score (nSPS) is 37.7. The lowest BCUT2D eigenvalue weighted by Crippen LogP contribution is -2.61. The lowest BCUT2D eigenvalue weighted by Gasteiger charge is -2.37. The number of carbonyl (C=O) groups excluding carboxylic acids is 2. The number of nitrogens with one attached hydrogen (secondary N) is 2. The van der Waals surface area contributed by atoms with E-state index in [1.807, 2.05) is 0 Å². The summed E-state index contributed by atoms with van der Waals surface area (Å²) >= 11 is 0. The molecule has 0 aromatic heterocycles. The van der Waals surface area contributed by atoms with Gasteiger partial charge in [0.2, 0.25) is 5.91 Å².